The topological polar surface area (TPSA) is 84.1 Å². The van der Waals surface area contributed by atoms with Gasteiger partial charge in [0.15, 0.2) is 5.82 Å². The number of rotatable bonds is 10. The van der Waals surface area contributed by atoms with E-state index in [1.165, 1.54) is 6.07 Å². The number of aromatic nitrogens is 2. The van der Waals surface area contributed by atoms with Crippen molar-refractivity contribution in [3.05, 3.63) is 98.4 Å². The fourth-order valence-corrected chi connectivity index (χ4v) is 5.62. The van der Waals surface area contributed by atoms with Crippen LogP contribution in [0.15, 0.2) is 65.1 Å². The van der Waals surface area contributed by atoms with Gasteiger partial charge in [0.1, 0.15) is 11.1 Å². The number of nitrogens with zero attached hydrogens (tertiary/aromatic N) is 1. The summed E-state index contributed by atoms with van der Waals surface area (Å²) in [4.78, 5) is 24.7. The quantitative estimate of drug-likeness (QED) is 0.171. The highest BCUT2D eigenvalue weighted by molar-refractivity contribution is 9.10. The van der Waals surface area contributed by atoms with Crippen molar-refractivity contribution in [1.82, 2.24) is 15.5 Å². The van der Waals surface area contributed by atoms with Crippen LogP contribution < -0.4 is 5.32 Å². The van der Waals surface area contributed by atoms with Crippen LogP contribution in [0.4, 0.5) is 4.39 Å². The van der Waals surface area contributed by atoms with Crippen molar-refractivity contribution in [2.45, 2.75) is 64.4 Å². The lowest BCUT2D eigenvalue weighted by molar-refractivity contribution is -0.154. The Bertz CT molecular complexity index is 1510. The maximum absolute atomic E-state index is 14.8. The first kappa shape index (κ1) is 30.7. The molecule has 0 saturated carbocycles. The number of hydrogen-bond acceptors (Lipinski definition) is 4. The number of esters is 1. The molecule has 4 rings (SSSR count). The number of nitrogens with one attached hydrogen (secondary N) is 2. The molecule has 0 saturated heterocycles. The Balaban J connectivity index is 1.63. The second-order valence-corrected chi connectivity index (χ2v) is 12.4. The number of halogens is 3. The van der Waals surface area contributed by atoms with Crippen molar-refractivity contribution in [2.24, 2.45) is 0 Å². The molecule has 41 heavy (non-hydrogen) atoms. The first-order valence-corrected chi connectivity index (χ1v) is 14.8. The fourth-order valence-electron chi connectivity index (χ4n) is 5.06. The number of carbonyl (C=O) groups excluding carboxylic acids is 2. The Morgan fingerprint density at radius 1 is 1.07 bits per heavy atom. The summed E-state index contributed by atoms with van der Waals surface area (Å²) in [6, 6.07) is 18.5. The first-order chi connectivity index (χ1) is 19.5. The minimum atomic E-state index is -0.567. The molecule has 9 heteroatoms. The Labute approximate surface area is 253 Å². The number of amides is 1. The molecular weight excluding hydrogens is 609 g/mol. The third-order valence-electron chi connectivity index (χ3n) is 6.78. The van der Waals surface area contributed by atoms with E-state index in [-0.39, 0.29) is 42.2 Å². The van der Waals surface area contributed by atoms with Gasteiger partial charge < -0.3 is 10.1 Å². The van der Waals surface area contributed by atoms with E-state index in [2.05, 4.69) is 38.4 Å². The van der Waals surface area contributed by atoms with Crippen LogP contribution in [0.3, 0.4) is 0 Å². The standard InChI is InChI=1S/C32H34BrClFN3O3/c1-5-6-24(19-7-9-21(10-8-19)31(40)36-16-15-27(39)41-32(2,3)4)28(20-11-13-23(34)14-12-20)30-25-17-22(33)18-26(35)29(25)37-38-30/h7-14,17-18,24,28H,5-6,15-16H2,1-4H3,(H,36,40)(H,37,38). The Kier molecular flexibility index (Phi) is 9.87. The van der Waals surface area contributed by atoms with Crippen LogP contribution in [0.5, 0.6) is 0 Å². The van der Waals surface area contributed by atoms with Gasteiger partial charge >= 0.3 is 5.97 Å². The smallest absolute Gasteiger partial charge is 0.308 e. The van der Waals surface area contributed by atoms with Gasteiger partial charge in [0.05, 0.1) is 12.1 Å². The molecule has 2 unspecified atom stereocenters. The van der Waals surface area contributed by atoms with Crippen LogP contribution in [0.25, 0.3) is 10.9 Å². The summed E-state index contributed by atoms with van der Waals surface area (Å²) in [7, 11) is 0. The molecule has 216 valence electrons. The number of H-pyrrole nitrogens is 1. The van der Waals surface area contributed by atoms with E-state index < -0.39 is 11.4 Å². The zero-order valence-corrected chi connectivity index (χ0v) is 25.9. The van der Waals surface area contributed by atoms with Gasteiger partial charge in [-0.05, 0) is 80.6 Å². The summed E-state index contributed by atoms with van der Waals surface area (Å²) < 4.78 is 20.7. The minimum Gasteiger partial charge on any atom is -0.460 e. The molecule has 1 amide bonds. The van der Waals surface area contributed by atoms with E-state index in [1.807, 2.05) is 42.5 Å². The van der Waals surface area contributed by atoms with Crippen LogP contribution in [0.1, 0.15) is 86.0 Å². The van der Waals surface area contributed by atoms with Gasteiger partial charge in [-0.15, -0.1) is 0 Å². The van der Waals surface area contributed by atoms with Crippen molar-refractivity contribution in [3.8, 4) is 0 Å². The third-order valence-corrected chi connectivity index (χ3v) is 7.49. The van der Waals surface area contributed by atoms with Gasteiger partial charge in [-0.25, -0.2) is 4.39 Å². The average Bonchev–Trinajstić information content (AvgIpc) is 3.32. The molecule has 3 aromatic carbocycles. The van der Waals surface area contributed by atoms with Crippen molar-refractivity contribution in [2.75, 3.05) is 6.54 Å². The van der Waals surface area contributed by atoms with E-state index in [0.29, 0.717) is 20.4 Å². The largest absolute Gasteiger partial charge is 0.460 e. The number of ether oxygens (including phenoxy) is 1. The van der Waals surface area contributed by atoms with Crippen molar-refractivity contribution < 1.29 is 18.7 Å². The Morgan fingerprint density at radius 3 is 2.37 bits per heavy atom. The predicted molar refractivity (Wildman–Crippen MR) is 164 cm³/mol. The van der Waals surface area contributed by atoms with Crippen LogP contribution in [-0.2, 0) is 9.53 Å². The predicted octanol–water partition coefficient (Wildman–Crippen LogP) is 8.30. The molecule has 0 aliphatic carbocycles. The van der Waals surface area contributed by atoms with Crippen LogP contribution in [0, 0.1) is 5.82 Å². The van der Waals surface area contributed by atoms with E-state index >= 15 is 0 Å². The summed E-state index contributed by atoms with van der Waals surface area (Å²) >= 11 is 9.65. The average molecular weight is 643 g/mol. The van der Waals surface area contributed by atoms with E-state index in [1.54, 1.807) is 32.9 Å². The van der Waals surface area contributed by atoms with Crippen LogP contribution in [0.2, 0.25) is 5.02 Å². The monoisotopic (exact) mass is 641 g/mol. The molecule has 0 radical (unpaired) electrons. The van der Waals surface area contributed by atoms with E-state index in [4.69, 9.17) is 16.3 Å². The highest BCUT2D eigenvalue weighted by Crippen LogP contribution is 2.43. The van der Waals surface area contributed by atoms with Gasteiger partial charge in [-0.1, -0.05) is 65.1 Å². The molecule has 0 aliphatic heterocycles. The Morgan fingerprint density at radius 2 is 1.73 bits per heavy atom. The molecule has 2 atom stereocenters. The highest BCUT2D eigenvalue weighted by Gasteiger charge is 2.30. The first-order valence-electron chi connectivity index (χ1n) is 13.6. The molecule has 1 aromatic heterocycles. The second kappa shape index (κ2) is 13.2. The SMILES string of the molecule is CCCC(c1ccc(C(=O)NCCC(=O)OC(C)(C)C)cc1)C(c1ccc(Cl)cc1)c1[nH]nc2c(F)cc(Br)cc12. The number of fused-ring (bicyclic) bond motifs is 1. The zero-order valence-electron chi connectivity index (χ0n) is 23.6. The number of hydrogen-bond donors (Lipinski definition) is 2. The highest BCUT2D eigenvalue weighted by atomic mass is 79.9. The lowest BCUT2D eigenvalue weighted by Crippen LogP contribution is -2.29. The second-order valence-electron chi connectivity index (χ2n) is 11.1. The summed E-state index contributed by atoms with van der Waals surface area (Å²) in [6.07, 6.45) is 1.84. The third kappa shape index (κ3) is 7.74. The van der Waals surface area contributed by atoms with Gasteiger partial charge in [0.2, 0.25) is 0 Å². The summed E-state index contributed by atoms with van der Waals surface area (Å²) in [5.41, 5.74) is 3.08. The van der Waals surface area contributed by atoms with E-state index in [9.17, 15) is 14.0 Å². The molecule has 2 N–H and O–H groups in total. The maximum atomic E-state index is 14.8. The van der Waals surface area contributed by atoms with Gasteiger partial charge in [0.25, 0.3) is 5.91 Å². The van der Waals surface area contributed by atoms with Crippen molar-refractivity contribution >= 4 is 50.3 Å². The number of benzene rings is 3. The summed E-state index contributed by atoms with van der Waals surface area (Å²) in [6.45, 7) is 7.73. The lowest BCUT2D eigenvalue weighted by Gasteiger charge is -2.28. The van der Waals surface area contributed by atoms with Crippen LogP contribution >= 0.6 is 27.5 Å². The van der Waals surface area contributed by atoms with E-state index in [0.717, 1.165) is 29.7 Å². The van der Waals surface area contributed by atoms with Crippen molar-refractivity contribution in [3.63, 3.8) is 0 Å². The summed E-state index contributed by atoms with van der Waals surface area (Å²) in [5.74, 6) is -1.21. The van der Waals surface area contributed by atoms with Gasteiger partial charge in [-0.2, -0.15) is 5.10 Å². The van der Waals surface area contributed by atoms with Gasteiger partial charge in [0, 0.05) is 32.9 Å². The molecule has 0 bridgehead atoms. The molecular formula is C32H34BrClFN3O3. The zero-order chi connectivity index (χ0) is 29.7. The Hall–Kier alpha value is -3.23. The maximum Gasteiger partial charge on any atom is 0.308 e. The molecule has 1 heterocycles. The molecule has 6 nitrogen and oxygen atoms in total. The summed E-state index contributed by atoms with van der Waals surface area (Å²) in [5, 5.41) is 11.6. The normalized spacial score (nSPS) is 13.1. The van der Waals surface area contributed by atoms with Crippen LogP contribution in [-0.4, -0.2) is 34.2 Å². The fraction of sp³-hybridized carbons (Fsp3) is 0.344. The molecule has 0 spiro atoms. The molecule has 0 aliphatic rings. The minimum absolute atomic E-state index is 0.00357. The number of aromatic amines is 1. The number of carbonyl (C=O) groups is 2. The van der Waals surface area contributed by atoms with Crippen molar-refractivity contribution in [1.29, 1.82) is 0 Å². The van der Waals surface area contributed by atoms with Gasteiger partial charge in [-0.3, -0.25) is 14.7 Å². The molecule has 4 aromatic rings. The molecule has 0 fully saturated rings. The lowest BCUT2D eigenvalue weighted by atomic mass is 9.76.